The third kappa shape index (κ3) is 7.18. The predicted molar refractivity (Wildman–Crippen MR) is 57.5 cm³/mol. The molecule has 0 fully saturated rings. The van der Waals surface area contributed by atoms with Crippen LogP contribution in [0.4, 0.5) is 0 Å². The number of thiol groups is 2. The third-order valence-electron chi connectivity index (χ3n) is 1.25. The molecule has 0 aromatic heterocycles. The molecule has 0 spiro atoms. The highest BCUT2D eigenvalue weighted by atomic mass is 32.2. The van der Waals surface area contributed by atoms with Gasteiger partial charge in [-0.15, -0.1) is 0 Å². The van der Waals surface area contributed by atoms with Gasteiger partial charge in [0.2, 0.25) is 0 Å². The first-order valence-electron chi connectivity index (χ1n) is 4.03. The van der Waals surface area contributed by atoms with E-state index in [0.717, 1.165) is 0 Å². The van der Waals surface area contributed by atoms with Crippen molar-refractivity contribution in [1.29, 1.82) is 0 Å². The van der Waals surface area contributed by atoms with E-state index in [1.54, 1.807) is 0 Å². The molecule has 0 radical (unpaired) electrons. The summed E-state index contributed by atoms with van der Waals surface area (Å²) in [6, 6.07) is 0. The summed E-state index contributed by atoms with van der Waals surface area (Å²) >= 11 is 2.90. The average molecular weight is 228 g/mol. The number of hydrogen-bond acceptors (Lipinski definition) is 5. The van der Waals surface area contributed by atoms with E-state index in [9.17, 15) is 4.79 Å². The number of carbonyl (C=O) groups excluding carboxylic acids is 1. The molecule has 0 atom stereocenters. The summed E-state index contributed by atoms with van der Waals surface area (Å²) in [5.41, 5.74) is 0. The van der Waals surface area contributed by atoms with Crippen molar-refractivity contribution in [2.75, 3.05) is 30.5 Å². The maximum absolute atomic E-state index is 11.0. The largest absolute Gasteiger partial charge is 0.418 e. The number of aliphatic hydroxyl groups excluding tert-OH is 2. The zero-order chi connectivity index (χ0) is 10.1. The van der Waals surface area contributed by atoms with Crippen LogP contribution in [0.15, 0.2) is 0 Å². The molecule has 6 heteroatoms. The van der Waals surface area contributed by atoms with Crippen molar-refractivity contribution in [2.24, 2.45) is 0 Å². The molecule has 0 amide bonds. The van der Waals surface area contributed by atoms with Crippen molar-refractivity contribution in [2.45, 2.75) is 6.42 Å². The molecule has 0 rings (SSSR count). The summed E-state index contributed by atoms with van der Waals surface area (Å²) in [6.07, 6.45) is 0.277. The SMILES string of the molecule is O=C(CCS)O[SH](CCO)CCO. The normalized spacial score (nSPS) is 11.2. The van der Waals surface area contributed by atoms with Crippen molar-refractivity contribution in [3.63, 3.8) is 0 Å². The van der Waals surface area contributed by atoms with E-state index >= 15 is 0 Å². The third-order valence-corrected chi connectivity index (χ3v) is 3.33. The number of aliphatic hydroxyl groups is 2. The Morgan fingerprint density at radius 3 is 2.23 bits per heavy atom. The van der Waals surface area contributed by atoms with E-state index in [0.29, 0.717) is 17.3 Å². The minimum absolute atomic E-state index is 0.0140. The van der Waals surface area contributed by atoms with Crippen molar-refractivity contribution in [1.82, 2.24) is 0 Å². The van der Waals surface area contributed by atoms with Crippen LogP contribution in [0.25, 0.3) is 0 Å². The first kappa shape index (κ1) is 13.1. The van der Waals surface area contributed by atoms with Crippen LogP contribution in [0.5, 0.6) is 0 Å². The lowest BCUT2D eigenvalue weighted by Gasteiger charge is -2.19. The van der Waals surface area contributed by atoms with Gasteiger partial charge in [-0.05, 0) is 0 Å². The van der Waals surface area contributed by atoms with E-state index in [1.807, 2.05) is 0 Å². The molecule has 0 saturated carbocycles. The lowest BCUT2D eigenvalue weighted by molar-refractivity contribution is -0.132. The van der Waals surface area contributed by atoms with Crippen LogP contribution in [0.3, 0.4) is 0 Å². The Morgan fingerprint density at radius 2 is 1.85 bits per heavy atom. The maximum atomic E-state index is 11.0. The average Bonchev–Trinajstić information content (AvgIpc) is 2.05. The van der Waals surface area contributed by atoms with Gasteiger partial charge in [-0.1, -0.05) is 11.2 Å². The van der Waals surface area contributed by atoms with E-state index < -0.39 is 11.2 Å². The van der Waals surface area contributed by atoms with E-state index in [1.165, 1.54) is 0 Å². The second kappa shape index (κ2) is 8.68. The van der Waals surface area contributed by atoms with Crippen molar-refractivity contribution < 1.29 is 19.2 Å². The quantitative estimate of drug-likeness (QED) is 0.454. The molecule has 4 nitrogen and oxygen atoms in total. The topological polar surface area (TPSA) is 66.8 Å². The lowest BCUT2D eigenvalue weighted by atomic mass is 10.5. The van der Waals surface area contributed by atoms with Gasteiger partial charge >= 0.3 is 5.97 Å². The van der Waals surface area contributed by atoms with Gasteiger partial charge in [0.25, 0.3) is 0 Å². The highest BCUT2D eigenvalue weighted by Gasteiger charge is 2.08. The predicted octanol–water partition coefficient (Wildman–Crippen LogP) is -0.250. The molecule has 0 heterocycles. The van der Waals surface area contributed by atoms with Gasteiger partial charge in [-0.2, -0.15) is 12.6 Å². The first-order chi connectivity index (χ1) is 6.24. The van der Waals surface area contributed by atoms with Crippen LogP contribution in [0, 0.1) is 0 Å². The standard InChI is InChI=1S/C7H16O4S2/c8-2-5-13(6-3-9)11-7(10)1-4-12/h8-9,12-13H,1-6H2. The molecule has 0 aliphatic heterocycles. The monoisotopic (exact) mass is 228 g/mol. The second-order valence-corrected chi connectivity index (χ2v) is 4.80. The summed E-state index contributed by atoms with van der Waals surface area (Å²) in [4.78, 5) is 11.0. The Balaban J connectivity index is 3.71. The molecule has 0 aliphatic carbocycles. The molecular formula is C7H16O4S2. The van der Waals surface area contributed by atoms with Gasteiger partial charge < -0.3 is 14.4 Å². The lowest BCUT2D eigenvalue weighted by Crippen LogP contribution is -2.10. The van der Waals surface area contributed by atoms with Crippen molar-refractivity contribution >= 4 is 29.8 Å². The molecule has 2 N–H and O–H groups in total. The van der Waals surface area contributed by atoms with Gasteiger partial charge in [0.15, 0.2) is 0 Å². The fourth-order valence-electron chi connectivity index (χ4n) is 0.707. The summed E-state index contributed by atoms with van der Waals surface area (Å²) in [6.45, 7) is -0.0281. The Kier molecular flexibility index (Phi) is 8.74. The minimum Gasteiger partial charge on any atom is -0.418 e. The van der Waals surface area contributed by atoms with E-state index in [2.05, 4.69) is 12.6 Å². The molecule has 0 aliphatic rings. The highest BCUT2D eigenvalue weighted by Crippen LogP contribution is 2.25. The maximum Gasteiger partial charge on any atom is 0.316 e. The van der Waals surface area contributed by atoms with Gasteiger partial charge in [0.05, 0.1) is 19.6 Å². The molecule has 13 heavy (non-hydrogen) atoms. The molecule has 0 aromatic rings. The molecule has 0 saturated heterocycles. The van der Waals surface area contributed by atoms with Gasteiger partial charge in [-0.25, -0.2) is 0 Å². The Hall–Kier alpha value is 0.0900. The number of rotatable bonds is 7. The number of carbonyl (C=O) groups is 1. The number of hydrogen-bond donors (Lipinski definition) is 4. The zero-order valence-electron chi connectivity index (χ0n) is 7.35. The van der Waals surface area contributed by atoms with Gasteiger partial charge in [0.1, 0.15) is 0 Å². The van der Waals surface area contributed by atoms with Crippen LogP contribution in [0.1, 0.15) is 6.42 Å². The fourth-order valence-corrected chi connectivity index (χ4v) is 2.12. The summed E-state index contributed by atoms with van der Waals surface area (Å²) < 4.78 is 5.03. The van der Waals surface area contributed by atoms with E-state index in [-0.39, 0.29) is 25.6 Å². The van der Waals surface area contributed by atoms with Crippen molar-refractivity contribution in [3.8, 4) is 0 Å². The summed E-state index contributed by atoms with van der Waals surface area (Å²) in [5.74, 6) is 1.03. The van der Waals surface area contributed by atoms with Crippen molar-refractivity contribution in [3.05, 3.63) is 0 Å². The Labute approximate surface area is 86.2 Å². The minimum atomic E-state index is -0.995. The Bertz CT molecular complexity index is 136. The molecule has 0 unspecified atom stereocenters. The van der Waals surface area contributed by atoms with E-state index in [4.69, 9.17) is 14.4 Å². The first-order valence-corrected chi connectivity index (χ1v) is 6.29. The molecule has 0 bridgehead atoms. The Morgan fingerprint density at radius 1 is 1.31 bits per heavy atom. The van der Waals surface area contributed by atoms with Crippen LogP contribution in [-0.2, 0) is 8.98 Å². The molecular weight excluding hydrogens is 212 g/mol. The van der Waals surface area contributed by atoms with Crippen LogP contribution < -0.4 is 0 Å². The summed E-state index contributed by atoms with van der Waals surface area (Å²) in [5, 5.41) is 17.3. The highest BCUT2D eigenvalue weighted by molar-refractivity contribution is 8.13. The molecule has 0 aromatic carbocycles. The van der Waals surface area contributed by atoms with Crippen LogP contribution >= 0.6 is 23.8 Å². The molecule has 80 valence electrons. The van der Waals surface area contributed by atoms with Gasteiger partial charge in [0, 0.05) is 17.3 Å². The smallest absolute Gasteiger partial charge is 0.316 e. The van der Waals surface area contributed by atoms with Crippen LogP contribution in [0.2, 0.25) is 0 Å². The second-order valence-electron chi connectivity index (χ2n) is 2.31. The van der Waals surface area contributed by atoms with Gasteiger partial charge in [-0.3, -0.25) is 4.79 Å². The summed E-state index contributed by atoms with van der Waals surface area (Å²) in [7, 11) is 0. The van der Waals surface area contributed by atoms with Crippen LogP contribution in [-0.4, -0.2) is 46.7 Å². The fraction of sp³-hybridized carbons (Fsp3) is 0.857. The zero-order valence-corrected chi connectivity index (χ0v) is 9.14.